The lowest BCUT2D eigenvalue weighted by molar-refractivity contribution is 0.00442. The van der Waals surface area contributed by atoms with Crippen molar-refractivity contribution >= 4 is 11.3 Å². The minimum absolute atomic E-state index is 0.269. The smallest absolute Gasteiger partial charge is 0.0953 e. The van der Waals surface area contributed by atoms with Crippen molar-refractivity contribution in [2.24, 2.45) is 11.3 Å². The quantitative estimate of drug-likeness (QED) is 0.839. The summed E-state index contributed by atoms with van der Waals surface area (Å²) in [5, 5.41) is 13.7. The summed E-state index contributed by atoms with van der Waals surface area (Å²) in [6, 6.07) is 0. The standard InChI is InChI=1S/C12H19NOS/c1-9-6-11(2,3)8-12(9,14)7-10-13-4-5-15-10/h4-5,9,14H,6-8H2,1-3H3. The summed E-state index contributed by atoms with van der Waals surface area (Å²) in [4.78, 5) is 4.27. The highest BCUT2D eigenvalue weighted by Gasteiger charge is 2.47. The fourth-order valence-electron chi connectivity index (χ4n) is 2.93. The molecule has 0 aromatic carbocycles. The van der Waals surface area contributed by atoms with Crippen LogP contribution in [0.1, 0.15) is 38.6 Å². The predicted molar refractivity (Wildman–Crippen MR) is 62.9 cm³/mol. The number of hydrogen-bond acceptors (Lipinski definition) is 3. The minimum Gasteiger partial charge on any atom is -0.389 e. The molecule has 0 spiro atoms. The number of hydrogen-bond donors (Lipinski definition) is 1. The predicted octanol–water partition coefficient (Wildman–Crippen LogP) is 2.87. The molecular weight excluding hydrogens is 206 g/mol. The van der Waals surface area contributed by atoms with Gasteiger partial charge in [-0.05, 0) is 24.2 Å². The number of thiazole rings is 1. The number of aromatic nitrogens is 1. The fraction of sp³-hybridized carbons (Fsp3) is 0.750. The first-order valence-corrected chi connectivity index (χ1v) is 6.40. The van der Waals surface area contributed by atoms with Gasteiger partial charge in [0.05, 0.1) is 10.6 Å². The van der Waals surface area contributed by atoms with Gasteiger partial charge in [0, 0.05) is 18.0 Å². The van der Waals surface area contributed by atoms with Crippen molar-refractivity contribution in [1.82, 2.24) is 4.98 Å². The summed E-state index contributed by atoms with van der Waals surface area (Å²) in [6.45, 7) is 6.63. The molecule has 1 heterocycles. The third kappa shape index (κ3) is 2.23. The monoisotopic (exact) mass is 225 g/mol. The Morgan fingerprint density at radius 1 is 1.60 bits per heavy atom. The zero-order valence-corrected chi connectivity index (χ0v) is 10.5. The van der Waals surface area contributed by atoms with Crippen LogP contribution in [0.25, 0.3) is 0 Å². The second-order valence-electron chi connectivity index (χ2n) is 5.65. The van der Waals surface area contributed by atoms with Gasteiger partial charge in [-0.25, -0.2) is 4.98 Å². The van der Waals surface area contributed by atoms with Crippen LogP contribution in [0.4, 0.5) is 0 Å². The van der Waals surface area contributed by atoms with E-state index >= 15 is 0 Å². The molecule has 1 N–H and O–H groups in total. The third-order valence-corrected chi connectivity index (χ3v) is 4.28. The molecule has 1 aromatic rings. The van der Waals surface area contributed by atoms with Gasteiger partial charge >= 0.3 is 0 Å². The van der Waals surface area contributed by atoms with Crippen molar-refractivity contribution in [2.45, 2.75) is 45.6 Å². The molecule has 0 amide bonds. The highest BCUT2D eigenvalue weighted by molar-refractivity contribution is 7.09. The molecule has 1 aromatic heterocycles. The lowest BCUT2D eigenvalue weighted by atomic mass is 9.87. The van der Waals surface area contributed by atoms with E-state index in [0.717, 1.165) is 24.3 Å². The molecular formula is C12H19NOS. The van der Waals surface area contributed by atoms with Crippen LogP contribution in [0.15, 0.2) is 11.6 Å². The highest BCUT2D eigenvalue weighted by Crippen LogP contribution is 2.48. The second-order valence-corrected chi connectivity index (χ2v) is 6.63. The van der Waals surface area contributed by atoms with Crippen molar-refractivity contribution in [3.63, 3.8) is 0 Å². The maximum absolute atomic E-state index is 10.6. The average Bonchev–Trinajstić information content (AvgIpc) is 2.59. The van der Waals surface area contributed by atoms with Gasteiger partial charge < -0.3 is 5.11 Å². The molecule has 2 atom stereocenters. The van der Waals surface area contributed by atoms with Gasteiger partial charge in [0.15, 0.2) is 0 Å². The van der Waals surface area contributed by atoms with Gasteiger partial charge in [-0.2, -0.15) is 0 Å². The normalized spacial score (nSPS) is 34.5. The number of nitrogens with zero attached hydrogens (tertiary/aromatic N) is 1. The van der Waals surface area contributed by atoms with Crippen LogP contribution in [0.5, 0.6) is 0 Å². The van der Waals surface area contributed by atoms with Crippen molar-refractivity contribution in [2.75, 3.05) is 0 Å². The lowest BCUT2D eigenvalue weighted by Crippen LogP contribution is -2.34. The van der Waals surface area contributed by atoms with Crippen LogP contribution in [0.3, 0.4) is 0 Å². The van der Waals surface area contributed by atoms with E-state index in [1.807, 2.05) is 11.6 Å². The summed E-state index contributed by atoms with van der Waals surface area (Å²) >= 11 is 1.64. The van der Waals surface area contributed by atoms with Crippen LogP contribution in [-0.4, -0.2) is 15.7 Å². The van der Waals surface area contributed by atoms with Crippen LogP contribution in [0.2, 0.25) is 0 Å². The number of rotatable bonds is 2. The van der Waals surface area contributed by atoms with Gasteiger partial charge in [-0.15, -0.1) is 11.3 Å². The minimum atomic E-state index is -0.540. The molecule has 0 bridgehead atoms. The zero-order chi connectivity index (χ0) is 11.1. The Bertz CT molecular complexity index is 333. The summed E-state index contributed by atoms with van der Waals surface area (Å²) in [5.41, 5.74) is -0.271. The van der Waals surface area contributed by atoms with Crippen LogP contribution >= 0.6 is 11.3 Å². The van der Waals surface area contributed by atoms with E-state index in [4.69, 9.17) is 0 Å². The largest absolute Gasteiger partial charge is 0.389 e. The second kappa shape index (κ2) is 3.56. The van der Waals surface area contributed by atoms with Crippen molar-refractivity contribution in [1.29, 1.82) is 0 Å². The van der Waals surface area contributed by atoms with Gasteiger partial charge in [0.1, 0.15) is 0 Å². The Labute approximate surface area is 95.4 Å². The Balaban J connectivity index is 2.14. The first-order valence-electron chi connectivity index (χ1n) is 5.52. The summed E-state index contributed by atoms with van der Waals surface area (Å²) in [6.07, 6.45) is 4.53. The van der Waals surface area contributed by atoms with E-state index < -0.39 is 5.60 Å². The molecule has 84 valence electrons. The van der Waals surface area contributed by atoms with E-state index in [9.17, 15) is 5.11 Å². The molecule has 2 unspecified atom stereocenters. The van der Waals surface area contributed by atoms with Gasteiger partial charge in [0.2, 0.25) is 0 Å². The van der Waals surface area contributed by atoms with Crippen molar-refractivity contribution < 1.29 is 5.11 Å². The SMILES string of the molecule is CC1CC(C)(C)CC1(O)Cc1nccs1. The Morgan fingerprint density at radius 2 is 2.33 bits per heavy atom. The molecule has 1 aliphatic carbocycles. The van der Waals surface area contributed by atoms with Gasteiger partial charge in [0.25, 0.3) is 0 Å². The van der Waals surface area contributed by atoms with Crippen LogP contribution < -0.4 is 0 Å². The van der Waals surface area contributed by atoms with E-state index in [1.54, 1.807) is 11.3 Å². The highest BCUT2D eigenvalue weighted by atomic mass is 32.1. The van der Waals surface area contributed by atoms with Crippen molar-refractivity contribution in [3.8, 4) is 0 Å². The molecule has 0 saturated heterocycles. The Kier molecular flexibility index (Phi) is 2.63. The van der Waals surface area contributed by atoms with Crippen molar-refractivity contribution in [3.05, 3.63) is 16.6 Å². The fourth-order valence-corrected chi connectivity index (χ4v) is 3.67. The average molecular weight is 225 g/mol. The molecule has 1 saturated carbocycles. The zero-order valence-electron chi connectivity index (χ0n) is 9.66. The van der Waals surface area contributed by atoms with E-state index in [1.165, 1.54) is 0 Å². The molecule has 2 nitrogen and oxygen atoms in total. The van der Waals surface area contributed by atoms with E-state index in [2.05, 4.69) is 25.8 Å². The van der Waals surface area contributed by atoms with Crippen LogP contribution in [-0.2, 0) is 6.42 Å². The first kappa shape index (κ1) is 11.1. The van der Waals surface area contributed by atoms with Crippen LogP contribution in [0, 0.1) is 11.3 Å². The van der Waals surface area contributed by atoms with Gasteiger partial charge in [-0.3, -0.25) is 0 Å². The lowest BCUT2D eigenvalue weighted by Gasteiger charge is -2.27. The maximum atomic E-state index is 10.6. The van der Waals surface area contributed by atoms with E-state index in [-0.39, 0.29) is 5.41 Å². The molecule has 1 aliphatic rings. The Hall–Kier alpha value is -0.410. The summed E-state index contributed by atoms with van der Waals surface area (Å²) in [5.74, 6) is 0.372. The number of aliphatic hydroxyl groups is 1. The summed E-state index contributed by atoms with van der Waals surface area (Å²) < 4.78 is 0. The van der Waals surface area contributed by atoms with E-state index in [0.29, 0.717) is 5.92 Å². The molecule has 0 radical (unpaired) electrons. The first-order chi connectivity index (χ1) is 6.91. The molecule has 0 aliphatic heterocycles. The molecule has 3 heteroatoms. The molecule has 2 rings (SSSR count). The Morgan fingerprint density at radius 3 is 2.80 bits per heavy atom. The van der Waals surface area contributed by atoms with Gasteiger partial charge in [-0.1, -0.05) is 20.8 Å². The topological polar surface area (TPSA) is 33.1 Å². The molecule has 15 heavy (non-hydrogen) atoms. The third-order valence-electron chi connectivity index (χ3n) is 3.50. The summed E-state index contributed by atoms with van der Waals surface area (Å²) in [7, 11) is 0. The maximum Gasteiger partial charge on any atom is 0.0953 e. The molecule has 1 fully saturated rings.